The second-order valence-electron chi connectivity index (χ2n) is 7.21. The number of para-hydroxylation sites is 1. The van der Waals surface area contributed by atoms with Crippen molar-refractivity contribution in [2.45, 2.75) is 6.92 Å². The van der Waals surface area contributed by atoms with Gasteiger partial charge in [-0.1, -0.05) is 66.7 Å². The number of nitrogens with zero attached hydrogens (tertiary/aromatic N) is 1. The van der Waals surface area contributed by atoms with Gasteiger partial charge in [0.1, 0.15) is 0 Å². The van der Waals surface area contributed by atoms with Crippen molar-refractivity contribution in [2.24, 2.45) is 0 Å². The molecule has 0 saturated heterocycles. The highest BCUT2D eigenvalue weighted by molar-refractivity contribution is 6.06. The highest BCUT2D eigenvalue weighted by Crippen LogP contribution is 2.39. The zero-order chi connectivity index (χ0) is 18.9. The largest absolute Gasteiger partial charge is 0.310 e. The third kappa shape index (κ3) is 2.91. The van der Waals surface area contributed by atoms with Crippen molar-refractivity contribution in [2.75, 3.05) is 4.90 Å². The molecule has 5 aromatic carbocycles. The zero-order valence-electron chi connectivity index (χ0n) is 15.8. The average Bonchev–Trinajstić information content (AvgIpc) is 2.74. The van der Waals surface area contributed by atoms with Crippen molar-refractivity contribution >= 4 is 38.6 Å². The summed E-state index contributed by atoms with van der Waals surface area (Å²) < 4.78 is 0. The molecule has 134 valence electrons. The second kappa shape index (κ2) is 6.86. The second-order valence-corrected chi connectivity index (χ2v) is 7.21. The third-order valence-electron chi connectivity index (χ3n) is 5.24. The summed E-state index contributed by atoms with van der Waals surface area (Å²) in [4.78, 5) is 2.35. The molecule has 0 unspecified atom stereocenters. The van der Waals surface area contributed by atoms with Crippen LogP contribution in [0.3, 0.4) is 0 Å². The van der Waals surface area contributed by atoms with E-state index < -0.39 is 0 Å². The molecule has 5 aromatic rings. The van der Waals surface area contributed by atoms with E-state index in [2.05, 4.69) is 121 Å². The van der Waals surface area contributed by atoms with Gasteiger partial charge in [0, 0.05) is 16.8 Å². The van der Waals surface area contributed by atoms with Crippen LogP contribution in [0.15, 0.2) is 109 Å². The fraction of sp³-hybridized carbons (Fsp3) is 0.0370. The van der Waals surface area contributed by atoms with Crippen molar-refractivity contribution in [1.82, 2.24) is 0 Å². The van der Waals surface area contributed by atoms with Gasteiger partial charge in [0.15, 0.2) is 0 Å². The Hall–Kier alpha value is -3.58. The number of rotatable bonds is 3. The number of hydrogen-bond donors (Lipinski definition) is 0. The Morgan fingerprint density at radius 1 is 0.500 bits per heavy atom. The van der Waals surface area contributed by atoms with Crippen LogP contribution in [0.1, 0.15) is 5.56 Å². The fourth-order valence-corrected chi connectivity index (χ4v) is 3.92. The van der Waals surface area contributed by atoms with Crippen molar-refractivity contribution in [3.63, 3.8) is 0 Å². The third-order valence-corrected chi connectivity index (χ3v) is 5.24. The van der Waals surface area contributed by atoms with E-state index in [0.29, 0.717) is 0 Å². The molecule has 28 heavy (non-hydrogen) atoms. The minimum Gasteiger partial charge on any atom is -0.310 e. The van der Waals surface area contributed by atoms with Crippen LogP contribution in [0.5, 0.6) is 0 Å². The van der Waals surface area contributed by atoms with Gasteiger partial charge in [-0.2, -0.15) is 0 Å². The van der Waals surface area contributed by atoms with Gasteiger partial charge in [0.05, 0.1) is 5.69 Å². The topological polar surface area (TPSA) is 3.24 Å². The highest BCUT2D eigenvalue weighted by Gasteiger charge is 2.15. The molecule has 0 saturated carbocycles. The molecule has 5 rings (SSSR count). The Bertz CT molecular complexity index is 1270. The van der Waals surface area contributed by atoms with E-state index in [1.807, 2.05) is 0 Å². The van der Waals surface area contributed by atoms with E-state index in [-0.39, 0.29) is 0 Å². The van der Waals surface area contributed by atoms with Gasteiger partial charge in [0.2, 0.25) is 0 Å². The summed E-state index contributed by atoms with van der Waals surface area (Å²) in [6.07, 6.45) is 0. The van der Waals surface area contributed by atoms with Crippen LogP contribution in [-0.2, 0) is 0 Å². The van der Waals surface area contributed by atoms with E-state index in [1.165, 1.54) is 38.5 Å². The summed E-state index contributed by atoms with van der Waals surface area (Å²) in [5.41, 5.74) is 4.78. The van der Waals surface area contributed by atoms with E-state index in [0.717, 1.165) is 5.69 Å². The van der Waals surface area contributed by atoms with Gasteiger partial charge in [-0.15, -0.1) is 0 Å². The standard InChI is InChI=1S/C27H21N/c1-20-9-7-15-25(17-20)28(24-13-3-2-4-14-24)27-16-8-12-23-18-21-10-5-6-11-22(21)19-26(23)27/h2-19H,1H3. The lowest BCUT2D eigenvalue weighted by Gasteiger charge is -2.27. The number of aryl methyl sites for hydroxylation is 1. The van der Waals surface area contributed by atoms with Gasteiger partial charge in [-0.05, 0) is 71.1 Å². The quantitative estimate of drug-likeness (QED) is 0.297. The molecule has 0 N–H and O–H groups in total. The van der Waals surface area contributed by atoms with Crippen LogP contribution in [0.25, 0.3) is 21.5 Å². The Labute approximate surface area is 165 Å². The normalized spacial score (nSPS) is 11.0. The fourth-order valence-electron chi connectivity index (χ4n) is 3.92. The maximum Gasteiger partial charge on any atom is 0.0540 e. The molecule has 0 heterocycles. The molecular formula is C27H21N. The highest BCUT2D eigenvalue weighted by atomic mass is 15.1. The monoisotopic (exact) mass is 359 g/mol. The molecule has 1 heteroatoms. The van der Waals surface area contributed by atoms with Crippen molar-refractivity contribution in [1.29, 1.82) is 0 Å². The first kappa shape index (κ1) is 16.6. The Balaban J connectivity index is 1.81. The van der Waals surface area contributed by atoms with Gasteiger partial charge in [-0.3, -0.25) is 0 Å². The molecule has 0 bridgehead atoms. The molecule has 0 aliphatic heterocycles. The Kier molecular flexibility index (Phi) is 4.06. The summed E-state index contributed by atoms with van der Waals surface area (Å²) in [6.45, 7) is 2.14. The van der Waals surface area contributed by atoms with Crippen molar-refractivity contribution in [3.05, 3.63) is 115 Å². The average molecular weight is 359 g/mol. The molecule has 0 aliphatic carbocycles. The first-order valence-electron chi connectivity index (χ1n) is 9.63. The summed E-state index contributed by atoms with van der Waals surface area (Å²) in [7, 11) is 0. The van der Waals surface area contributed by atoms with Gasteiger partial charge in [-0.25, -0.2) is 0 Å². The van der Waals surface area contributed by atoms with Crippen molar-refractivity contribution in [3.8, 4) is 0 Å². The summed E-state index contributed by atoms with van der Waals surface area (Å²) in [5, 5.41) is 5.05. The number of anilines is 3. The SMILES string of the molecule is Cc1cccc(N(c2ccccc2)c2cccc3cc4ccccc4cc23)c1. The lowest BCUT2D eigenvalue weighted by atomic mass is 10.0. The summed E-state index contributed by atoms with van der Waals surface area (Å²) in [6, 6.07) is 39.0. The molecule has 0 radical (unpaired) electrons. The maximum absolute atomic E-state index is 2.35. The van der Waals surface area contributed by atoms with E-state index in [9.17, 15) is 0 Å². The van der Waals surface area contributed by atoms with Gasteiger partial charge >= 0.3 is 0 Å². The van der Waals surface area contributed by atoms with Crippen LogP contribution >= 0.6 is 0 Å². The maximum atomic E-state index is 2.35. The number of fused-ring (bicyclic) bond motifs is 2. The van der Waals surface area contributed by atoms with E-state index in [1.54, 1.807) is 0 Å². The molecule has 0 spiro atoms. The van der Waals surface area contributed by atoms with Crippen LogP contribution in [0.2, 0.25) is 0 Å². The van der Waals surface area contributed by atoms with Gasteiger partial charge in [0.25, 0.3) is 0 Å². The van der Waals surface area contributed by atoms with Crippen LogP contribution in [-0.4, -0.2) is 0 Å². The predicted octanol–water partition coefficient (Wildman–Crippen LogP) is 7.77. The molecule has 0 atom stereocenters. The lowest BCUT2D eigenvalue weighted by Crippen LogP contribution is -2.10. The van der Waals surface area contributed by atoms with Crippen LogP contribution in [0.4, 0.5) is 17.1 Å². The number of hydrogen-bond acceptors (Lipinski definition) is 1. The summed E-state index contributed by atoms with van der Waals surface area (Å²) >= 11 is 0. The van der Waals surface area contributed by atoms with Crippen LogP contribution in [0, 0.1) is 6.92 Å². The van der Waals surface area contributed by atoms with E-state index in [4.69, 9.17) is 0 Å². The van der Waals surface area contributed by atoms with Crippen molar-refractivity contribution < 1.29 is 0 Å². The van der Waals surface area contributed by atoms with Gasteiger partial charge < -0.3 is 4.90 Å². The lowest BCUT2D eigenvalue weighted by molar-refractivity contribution is 1.28. The molecule has 1 nitrogen and oxygen atoms in total. The molecule has 0 aliphatic rings. The smallest absolute Gasteiger partial charge is 0.0540 e. The molecule has 0 fully saturated rings. The first-order valence-corrected chi connectivity index (χ1v) is 9.63. The first-order chi connectivity index (χ1) is 13.8. The molecule has 0 amide bonds. The summed E-state index contributed by atoms with van der Waals surface area (Å²) in [5.74, 6) is 0. The van der Waals surface area contributed by atoms with Crippen LogP contribution < -0.4 is 4.90 Å². The molecule has 0 aromatic heterocycles. The molecular weight excluding hydrogens is 338 g/mol. The zero-order valence-corrected chi connectivity index (χ0v) is 15.8. The Morgan fingerprint density at radius 3 is 1.93 bits per heavy atom. The van der Waals surface area contributed by atoms with E-state index >= 15 is 0 Å². The Morgan fingerprint density at radius 2 is 1.14 bits per heavy atom. The number of benzene rings is 5. The minimum atomic E-state index is 1.16. The minimum absolute atomic E-state index is 1.16. The predicted molar refractivity (Wildman–Crippen MR) is 121 cm³/mol.